The van der Waals surface area contributed by atoms with E-state index in [0.717, 1.165) is 12.1 Å². The quantitative estimate of drug-likeness (QED) is 0.517. The lowest BCUT2D eigenvalue weighted by molar-refractivity contribution is -0.833. The van der Waals surface area contributed by atoms with E-state index in [1.54, 1.807) is 6.92 Å². The van der Waals surface area contributed by atoms with Gasteiger partial charge in [-0.15, -0.1) is 0 Å². The van der Waals surface area contributed by atoms with E-state index in [-0.39, 0.29) is 0 Å². The van der Waals surface area contributed by atoms with Gasteiger partial charge in [0.1, 0.15) is 5.70 Å². The number of allylic oxidation sites excluding steroid dienone is 1. The average Bonchev–Trinajstić information content (AvgIpc) is 1.85. The highest BCUT2D eigenvalue weighted by molar-refractivity contribution is 5.86. The van der Waals surface area contributed by atoms with Crippen LogP contribution in [-0.4, -0.2) is 36.7 Å². The predicted molar refractivity (Wildman–Crippen MR) is 48.7 cm³/mol. The molecule has 0 aromatic heterocycles. The lowest BCUT2D eigenvalue weighted by Gasteiger charge is -2.26. The molecule has 0 aromatic carbocycles. The van der Waals surface area contributed by atoms with Gasteiger partial charge in [0, 0.05) is 6.42 Å². The van der Waals surface area contributed by atoms with Crippen LogP contribution in [0.1, 0.15) is 20.3 Å². The molecule has 0 unspecified atom stereocenters. The topological polar surface area (TPSA) is 37.3 Å². The lowest BCUT2D eigenvalue weighted by Crippen LogP contribution is -2.34. The van der Waals surface area contributed by atoms with Gasteiger partial charge < -0.3 is 9.59 Å². The van der Waals surface area contributed by atoms with Crippen molar-refractivity contribution < 1.29 is 14.4 Å². The number of aliphatic carboxylic acids is 1. The van der Waals surface area contributed by atoms with Gasteiger partial charge >= 0.3 is 5.97 Å². The molecule has 0 bridgehead atoms. The summed E-state index contributed by atoms with van der Waals surface area (Å²) in [6, 6.07) is 0. The Morgan fingerprint density at radius 2 is 1.75 bits per heavy atom. The Labute approximate surface area is 73.9 Å². The van der Waals surface area contributed by atoms with Crippen LogP contribution in [0.2, 0.25) is 0 Å². The molecule has 1 N–H and O–H groups in total. The van der Waals surface area contributed by atoms with Gasteiger partial charge in [-0.3, -0.25) is 0 Å². The second-order valence-corrected chi connectivity index (χ2v) is 3.74. The fourth-order valence-corrected chi connectivity index (χ4v) is 1.37. The molecule has 3 nitrogen and oxygen atoms in total. The summed E-state index contributed by atoms with van der Waals surface area (Å²) < 4.78 is 0.592. The summed E-state index contributed by atoms with van der Waals surface area (Å²) in [6.45, 7) is 3.63. The van der Waals surface area contributed by atoms with Crippen LogP contribution < -0.4 is 0 Å². The molecule has 0 saturated heterocycles. The zero-order chi connectivity index (χ0) is 9.94. The Balaban J connectivity index is 5.01. The second-order valence-electron chi connectivity index (χ2n) is 3.74. The molecule has 0 aliphatic heterocycles. The van der Waals surface area contributed by atoms with Crippen molar-refractivity contribution in [1.29, 1.82) is 0 Å². The van der Waals surface area contributed by atoms with E-state index in [4.69, 9.17) is 5.11 Å². The van der Waals surface area contributed by atoms with Gasteiger partial charge in [-0.1, -0.05) is 6.92 Å². The Morgan fingerprint density at radius 1 is 1.33 bits per heavy atom. The molecule has 0 atom stereocenters. The number of carboxylic acid groups (broad SMARTS) is 1. The van der Waals surface area contributed by atoms with Crippen LogP contribution in [0.3, 0.4) is 0 Å². The molecule has 0 radical (unpaired) electrons. The van der Waals surface area contributed by atoms with Gasteiger partial charge in [0.2, 0.25) is 0 Å². The van der Waals surface area contributed by atoms with Gasteiger partial charge in [0.05, 0.1) is 26.7 Å². The number of rotatable bonds is 3. The van der Waals surface area contributed by atoms with E-state index in [1.165, 1.54) is 0 Å². The fraction of sp³-hybridized carbons (Fsp3) is 0.667. The second kappa shape index (κ2) is 3.72. The van der Waals surface area contributed by atoms with Crippen LogP contribution in [0.15, 0.2) is 11.3 Å². The lowest BCUT2D eigenvalue weighted by atomic mass is 10.1. The molecule has 0 aliphatic rings. The average molecular weight is 172 g/mol. The normalized spacial score (nSPS) is 14.1. The smallest absolute Gasteiger partial charge is 0.336 e. The molecule has 70 valence electrons. The summed E-state index contributed by atoms with van der Waals surface area (Å²) >= 11 is 0. The summed E-state index contributed by atoms with van der Waals surface area (Å²) in [6.07, 6.45) is 0.779. The first kappa shape index (κ1) is 11.2. The van der Waals surface area contributed by atoms with Crippen molar-refractivity contribution >= 4 is 5.97 Å². The number of hydrogen-bond donors (Lipinski definition) is 1. The molecule has 0 aromatic rings. The number of quaternary nitrogens is 1. The van der Waals surface area contributed by atoms with Crippen molar-refractivity contribution in [3.8, 4) is 0 Å². The predicted octanol–water partition coefficient (Wildman–Crippen LogP) is 1.46. The highest BCUT2D eigenvalue weighted by Gasteiger charge is 2.20. The zero-order valence-electron chi connectivity index (χ0n) is 8.51. The SMILES string of the molecule is CC/C(=C(/C)C(=O)O)[N+](C)(C)C. The molecule has 12 heavy (non-hydrogen) atoms. The molecule has 0 aliphatic carbocycles. The number of carboxylic acids is 1. The van der Waals surface area contributed by atoms with Gasteiger partial charge in [-0.05, 0) is 6.92 Å². The minimum atomic E-state index is -0.820. The minimum Gasteiger partial charge on any atom is -0.478 e. The van der Waals surface area contributed by atoms with Crippen molar-refractivity contribution in [2.75, 3.05) is 21.1 Å². The van der Waals surface area contributed by atoms with Crippen LogP contribution >= 0.6 is 0 Å². The van der Waals surface area contributed by atoms with E-state index in [1.807, 2.05) is 28.1 Å². The summed E-state index contributed by atoms with van der Waals surface area (Å²) in [7, 11) is 5.93. The van der Waals surface area contributed by atoms with Crippen molar-refractivity contribution in [2.24, 2.45) is 0 Å². The van der Waals surface area contributed by atoms with Crippen molar-refractivity contribution in [1.82, 2.24) is 0 Å². The fourth-order valence-electron chi connectivity index (χ4n) is 1.37. The highest BCUT2D eigenvalue weighted by Crippen LogP contribution is 2.16. The van der Waals surface area contributed by atoms with Crippen LogP contribution in [0, 0.1) is 0 Å². The standard InChI is InChI=1S/C9H17NO2/c1-6-8(10(3,4)5)7(2)9(11)12/h6H2,1-5H3/p+1/b8-7+. The monoisotopic (exact) mass is 172 g/mol. The van der Waals surface area contributed by atoms with Crippen LogP contribution in [0.25, 0.3) is 0 Å². The van der Waals surface area contributed by atoms with E-state index in [2.05, 4.69) is 0 Å². The first-order valence-electron chi connectivity index (χ1n) is 4.05. The van der Waals surface area contributed by atoms with Gasteiger partial charge in [0.25, 0.3) is 0 Å². The molecular weight excluding hydrogens is 154 g/mol. The Morgan fingerprint density at radius 3 is 1.83 bits per heavy atom. The third-order valence-electron chi connectivity index (χ3n) is 1.90. The number of carbonyl (C=O) groups is 1. The van der Waals surface area contributed by atoms with Crippen LogP contribution in [0.5, 0.6) is 0 Å². The molecule has 3 heteroatoms. The molecular formula is C9H18NO2+. The maximum atomic E-state index is 10.7. The maximum absolute atomic E-state index is 10.7. The Hall–Kier alpha value is -0.830. The maximum Gasteiger partial charge on any atom is 0.336 e. The Kier molecular flexibility index (Phi) is 3.46. The van der Waals surface area contributed by atoms with Gasteiger partial charge in [-0.25, -0.2) is 4.79 Å². The van der Waals surface area contributed by atoms with E-state index in [9.17, 15) is 4.79 Å². The van der Waals surface area contributed by atoms with Crippen molar-refractivity contribution in [3.63, 3.8) is 0 Å². The van der Waals surface area contributed by atoms with Crippen molar-refractivity contribution in [3.05, 3.63) is 11.3 Å². The van der Waals surface area contributed by atoms with Gasteiger partial charge in [-0.2, -0.15) is 0 Å². The highest BCUT2D eigenvalue weighted by atomic mass is 16.4. The Bertz CT molecular complexity index is 211. The first-order chi connectivity index (χ1) is 5.30. The van der Waals surface area contributed by atoms with Crippen LogP contribution in [-0.2, 0) is 4.79 Å². The molecule has 0 heterocycles. The third kappa shape index (κ3) is 2.66. The molecule has 0 fully saturated rings. The summed E-state index contributed by atoms with van der Waals surface area (Å²) in [5, 5.41) is 8.78. The van der Waals surface area contributed by atoms with E-state index in [0.29, 0.717) is 10.1 Å². The van der Waals surface area contributed by atoms with E-state index >= 15 is 0 Å². The summed E-state index contributed by atoms with van der Waals surface area (Å²) in [5.41, 5.74) is 1.42. The summed E-state index contributed by atoms with van der Waals surface area (Å²) in [4.78, 5) is 10.7. The number of hydrogen-bond acceptors (Lipinski definition) is 1. The van der Waals surface area contributed by atoms with Crippen LogP contribution in [0.4, 0.5) is 0 Å². The third-order valence-corrected chi connectivity index (χ3v) is 1.90. The largest absolute Gasteiger partial charge is 0.478 e. The summed E-state index contributed by atoms with van der Waals surface area (Å²) in [5.74, 6) is -0.820. The molecule has 0 spiro atoms. The van der Waals surface area contributed by atoms with Gasteiger partial charge in [0.15, 0.2) is 0 Å². The minimum absolute atomic E-state index is 0.463. The molecule has 0 amide bonds. The zero-order valence-corrected chi connectivity index (χ0v) is 8.51. The molecule has 0 saturated carbocycles. The van der Waals surface area contributed by atoms with E-state index < -0.39 is 5.97 Å². The molecule has 0 rings (SSSR count). The van der Waals surface area contributed by atoms with Crippen molar-refractivity contribution in [2.45, 2.75) is 20.3 Å². The first-order valence-corrected chi connectivity index (χ1v) is 4.05. The number of nitrogens with zero attached hydrogens (tertiary/aromatic N) is 1.